The van der Waals surface area contributed by atoms with E-state index < -0.39 is 0 Å². The van der Waals surface area contributed by atoms with Crippen LogP contribution in [0.25, 0.3) is 10.9 Å². The van der Waals surface area contributed by atoms with Gasteiger partial charge in [0.15, 0.2) is 6.29 Å². The van der Waals surface area contributed by atoms with Crippen molar-refractivity contribution in [3.63, 3.8) is 0 Å². The summed E-state index contributed by atoms with van der Waals surface area (Å²) in [7, 11) is 0. The molecule has 0 aliphatic heterocycles. The van der Waals surface area contributed by atoms with Crippen LogP contribution in [0.5, 0.6) is 5.75 Å². The van der Waals surface area contributed by atoms with Gasteiger partial charge in [0.05, 0.1) is 5.52 Å². The Morgan fingerprint density at radius 2 is 2.07 bits per heavy atom. The topological polar surface area (TPSA) is 53.1 Å². The lowest BCUT2D eigenvalue weighted by molar-refractivity contribution is 0.112. The maximum atomic E-state index is 10.9. The zero-order valence-corrected chi connectivity index (χ0v) is 8.09. The van der Waals surface area contributed by atoms with Crippen LogP contribution in [0.2, 0.25) is 0 Å². The molecule has 0 amide bonds. The molecule has 0 fully saturated rings. The number of phenols is 1. The molecule has 0 radical (unpaired) electrons. The Hall–Kier alpha value is -1.77. The minimum absolute atomic E-state index is 0.182. The monoisotopic (exact) mass is 189 g/mol. The Bertz CT molecular complexity index is 511. The molecule has 0 aliphatic rings. The second-order valence-electron chi connectivity index (χ2n) is 3.43. The van der Waals surface area contributed by atoms with Gasteiger partial charge in [-0.3, -0.25) is 4.79 Å². The van der Waals surface area contributed by atoms with Crippen molar-refractivity contribution < 1.29 is 9.90 Å². The number of aromatic amines is 1. The Morgan fingerprint density at radius 1 is 1.36 bits per heavy atom. The van der Waals surface area contributed by atoms with Crippen LogP contribution in [0.1, 0.15) is 21.6 Å². The number of nitrogens with one attached hydrogen (secondary N) is 1. The Kier molecular flexibility index (Phi) is 1.81. The summed E-state index contributed by atoms with van der Waals surface area (Å²) >= 11 is 0. The molecule has 2 rings (SSSR count). The van der Waals surface area contributed by atoms with Gasteiger partial charge in [0.1, 0.15) is 5.75 Å². The molecule has 2 N–H and O–H groups in total. The third-order valence-corrected chi connectivity index (χ3v) is 2.50. The lowest BCUT2D eigenvalue weighted by Crippen LogP contribution is -1.82. The highest BCUT2D eigenvalue weighted by Crippen LogP contribution is 2.30. The number of carbonyl (C=O) groups is 1. The van der Waals surface area contributed by atoms with E-state index >= 15 is 0 Å². The average Bonchev–Trinajstić information content (AvgIpc) is 2.50. The second-order valence-corrected chi connectivity index (χ2v) is 3.43. The second kappa shape index (κ2) is 2.87. The van der Waals surface area contributed by atoms with Crippen molar-refractivity contribution in [2.24, 2.45) is 0 Å². The van der Waals surface area contributed by atoms with E-state index in [1.165, 1.54) is 0 Å². The summed E-state index contributed by atoms with van der Waals surface area (Å²) in [6.07, 6.45) is 0.820. The molecule has 2 aromatic rings. The smallest absolute Gasteiger partial charge is 0.152 e. The summed E-state index contributed by atoms with van der Waals surface area (Å²) < 4.78 is 0. The van der Waals surface area contributed by atoms with E-state index in [2.05, 4.69) is 4.98 Å². The number of hydrogen-bond acceptors (Lipinski definition) is 2. The summed E-state index contributed by atoms with van der Waals surface area (Å²) in [6, 6.07) is 3.43. The minimum atomic E-state index is 0.182. The first kappa shape index (κ1) is 8.81. The maximum Gasteiger partial charge on any atom is 0.152 e. The van der Waals surface area contributed by atoms with Gasteiger partial charge in [-0.25, -0.2) is 0 Å². The molecule has 3 heteroatoms. The first-order chi connectivity index (χ1) is 6.65. The predicted octanol–water partition coefficient (Wildman–Crippen LogP) is 2.30. The average molecular weight is 189 g/mol. The molecule has 0 unspecified atom stereocenters. The van der Waals surface area contributed by atoms with Gasteiger partial charge in [-0.05, 0) is 25.5 Å². The number of rotatable bonds is 1. The van der Waals surface area contributed by atoms with Crippen molar-refractivity contribution in [1.82, 2.24) is 4.98 Å². The van der Waals surface area contributed by atoms with Gasteiger partial charge in [0.2, 0.25) is 0 Å². The fourth-order valence-corrected chi connectivity index (χ4v) is 1.76. The first-order valence-electron chi connectivity index (χ1n) is 4.41. The van der Waals surface area contributed by atoms with Crippen LogP contribution >= 0.6 is 0 Å². The summed E-state index contributed by atoms with van der Waals surface area (Å²) in [4.78, 5) is 13.9. The maximum absolute atomic E-state index is 10.9. The Labute approximate surface area is 81.4 Å². The van der Waals surface area contributed by atoms with Crippen molar-refractivity contribution in [1.29, 1.82) is 0 Å². The number of aromatic nitrogens is 1. The number of carbonyl (C=O) groups excluding carboxylic acids is 1. The highest BCUT2D eigenvalue weighted by atomic mass is 16.3. The summed E-state index contributed by atoms with van der Waals surface area (Å²) in [5.74, 6) is 0.182. The predicted molar refractivity (Wildman–Crippen MR) is 54.8 cm³/mol. The number of aldehydes is 1. The molecule has 0 aliphatic carbocycles. The summed E-state index contributed by atoms with van der Waals surface area (Å²) in [5, 5.41) is 10.4. The zero-order chi connectivity index (χ0) is 10.3. The van der Waals surface area contributed by atoms with Crippen molar-refractivity contribution in [2.45, 2.75) is 13.8 Å². The van der Waals surface area contributed by atoms with Crippen LogP contribution in [-0.4, -0.2) is 16.4 Å². The normalized spacial score (nSPS) is 10.7. The van der Waals surface area contributed by atoms with E-state index in [0.29, 0.717) is 11.1 Å². The Balaban J connectivity index is 3.00. The molecule has 1 aromatic heterocycles. The third-order valence-electron chi connectivity index (χ3n) is 2.50. The van der Waals surface area contributed by atoms with Crippen LogP contribution in [0.15, 0.2) is 12.1 Å². The molecule has 0 saturated heterocycles. The first-order valence-corrected chi connectivity index (χ1v) is 4.41. The van der Waals surface area contributed by atoms with Crippen molar-refractivity contribution in [2.75, 3.05) is 0 Å². The number of H-pyrrole nitrogens is 1. The van der Waals surface area contributed by atoms with Crippen molar-refractivity contribution in [3.8, 4) is 5.75 Å². The summed E-state index contributed by atoms with van der Waals surface area (Å²) in [5.41, 5.74) is 3.06. The minimum Gasteiger partial charge on any atom is -0.506 e. The number of aromatic hydroxyl groups is 1. The van der Waals surface area contributed by atoms with Gasteiger partial charge >= 0.3 is 0 Å². The molecule has 1 aromatic carbocycles. The molecule has 14 heavy (non-hydrogen) atoms. The van der Waals surface area contributed by atoms with Gasteiger partial charge in [-0.15, -0.1) is 0 Å². The molecular formula is C11H11NO2. The molecule has 0 atom stereocenters. The van der Waals surface area contributed by atoms with Crippen molar-refractivity contribution >= 4 is 17.2 Å². The van der Waals surface area contributed by atoms with Gasteiger partial charge in [-0.1, -0.05) is 6.07 Å². The molecule has 72 valence electrons. The zero-order valence-electron chi connectivity index (χ0n) is 8.09. The van der Waals surface area contributed by atoms with Gasteiger partial charge in [0, 0.05) is 16.6 Å². The van der Waals surface area contributed by atoms with Crippen LogP contribution in [0, 0.1) is 13.8 Å². The number of aryl methyl sites for hydroxylation is 2. The highest BCUT2D eigenvalue weighted by Gasteiger charge is 2.12. The van der Waals surface area contributed by atoms with Crippen LogP contribution in [0.4, 0.5) is 0 Å². The number of fused-ring (bicyclic) bond motifs is 1. The molecule has 1 heterocycles. The van der Waals surface area contributed by atoms with E-state index in [1.54, 1.807) is 12.1 Å². The van der Waals surface area contributed by atoms with Gasteiger partial charge < -0.3 is 10.1 Å². The van der Waals surface area contributed by atoms with E-state index in [4.69, 9.17) is 0 Å². The van der Waals surface area contributed by atoms with Crippen LogP contribution in [-0.2, 0) is 0 Å². The van der Waals surface area contributed by atoms with Crippen LogP contribution < -0.4 is 0 Å². The largest absolute Gasteiger partial charge is 0.506 e. The third kappa shape index (κ3) is 1.02. The van der Waals surface area contributed by atoms with Crippen molar-refractivity contribution in [3.05, 3.63) is 29.0 Å². The number of phenolic OH excluding ortho intramolecular Hbond substituents is 1. The van der Waals surface area contributed by atoms with Gasteiger partial charge in [-0.2, -0.15) is 0 Å². The van der Waals surface area contributed by atoms with Crippen LogP contribution in [0.3, 0.4) is 0 Å². The quantitative estimate of drug-likeness (QED) is 0.676. The fourth-order valence-electron chi connectivity index (χ4n) is 1.76. The lowest BCUT2D eigenvalue weighted by atomic mass is 10.1. The standard InChI is InChI=1S/C11H11NO2/c1-6-3-4-9(14)11-10(6)8(5-13)7(2)12-11/h3-5,12,14H,1-2H3. The Morgan fingerprint density at radius 3 is 2.71 bits per heavy atom. The van der Waals surface area contributed by atoms with E-state index in [-0.39, 0.29) is 5.75 Å². The van der Waals surface area contributed by atoms with Gasteiger partial charge in [0.25, 0.3) is 0 Å². The lowest BCUT2D eigenvalue weighted by Gasteiger charge is -1.98. The molecule has 0 spiro atoms. The molecular weight excluding hydrogens is 178 g/mol. The highest BCUT2D eigenvalue weighted by molar-refractivity contribution is 6.02. The molecule has 0 saturated carbocycles. The number of hydrogen-bond donors (Lipinski definition) is 2. The SMILES string of the molecule is Cc1[nH]c2c(O)ccc(C)c2c1C=O. The molecule has 0 bridgehead atoms. The van der Waals surface area contributed by atoms with E-state index in [0.717, 1.165) is 22.9 Å². The van der Waals surface area contributed by atoms with E-state index in [9.17, 15) is 9.90 Å². The summed E-state index contributed by atoms with van der Waals surface area (Å²) in [6.45, 7) is 3.74. The van der Waals surface area contributed by atoms with E-state index in [1.807, 2.05) is 13.8 Å². The fraction of sp³-hybridized carbons (Fsp3) is 0.182. The molecule has 3 nitrogen and oxygen atoms in total. The number of benzene rings is 1.